The fourth-order valence-corrected chi connectivity index (χ4v) is 3.23. The van der Waals surface area contributed by atoms with E-state index < -0.39 is 0 Å². The number of anilines is 1. The first kappa shape index (κ1) is 18.2. The molecule has 0 aromatic heterocycles. The summed E-state index contributed by atoms with van der Waals surface area (Å²) in [6, 6.07) is 17.7. The first-order chi connectivity index (χ1) is 12.7. The fraction of sp³-hybridized carbons (Fsp3) is 0.300. The maximum Gasteiger partial charge on any atom is 0.173 e. The summed E-state index contributed by atoms with van der Waals surface area (Å²) >= 11 is 5.55. The molecule has 0 amide bonds. The summed E-state index contributed by atoms with van der Waals surface area (Å²) in [6.45, 7) is 4.63. The third-order valence-corrected chi connectivity index (χ3v) is 4.85. The number of benzene rings is 2. The van der Waals surface area contributed by atoms with Gasteiger partial charge in [0.05, 0.1) is 18.7 Å². The van der Waals surface area contributed by atoms with Gasteiger partial charge >= 0.3 is 0 Å². The first-order valence-electron chi connectivity index (χ1n) is 8.59. The summed E-state index contributed by atoms with van der Waals surface area (Å²) in [7, 11) is 1.66. The normalized spacial score (nSPS) is 14.5. The highest BCUT2D eigenvalue weighted by Crippen LogP contribution is 2.16. The molecule has 134 valence electrons. The average Bonchev–Trinajstić information content (AvgIpc) is 2.69. The third-order valence-electron chi connectivity index (χ3n) is 4.49. The number of ether oxygens (including phenoxy) is 1. The summed E-state index contributed by atoms with van der Waals surface area (Å²) in [4.78, 5) is 4.61. The number of nitriles is 1. The van der Waals surface area contributed by atoms with Crippen LogP contribution in [0.2, 0.25) is 0 Å². The van der Waals surface area contributed by atoms with Crippen LogP contribution in [0, 0.1) is 11.3 Å². The Labute approximate surface area is 159 Å². The predicted molar refractivity (Wildman–Crippen MR) is 107 cm³/mol. The average molecular weight is 366 g/mol. The minimum absolute atomic E-state index is 0.702. The Morgan fingerprint density at radius 2 is 1.73 bits per heavy atom. The largest absolute Gasteiger partial charge is 0.497 e. The lowest BCUT2D eigenvalue weighted by Crippen LogP contribution is -2.49. The first-order valence-corrected chi connectivity index (χ1v) is 9.00. The van der Waals surface area contributed by atoms with E-state index in [-0.39, 0.29) is 0 Å². The molecule has 0 bridgehead atoms. The van der Waals surface area contributed by atoms with Gasteiger partial charge in [-0.25, -0.2) is 0 Å². The molecule has 3 rings (SSSR count). The van der Waals surface area contributed by atoms with Gasteiger partial charge in [-0.1, -0.05) is 12.1 Å². The number of nitrogens with zero attached hydrogens (tertiary/aromatic N) is 3. The smallest absolute Gasteiger partial charge is 0.173 e. The number of thiocarbonyl (C=S) groups is 1. The number of hydrogen-bond donors (Lipinski definition) is 1. The SMILES string of the molecule is COc1ccc(NC(=S)N2CCN(Cc3ccc(C#N)cc3)CC2)cc1. The molecule has 2 aromatic carbocycles. The Kier molecular flexibility index (Phi) is 6.05. The summed E-state index contributed by atoms with van der Waals surface area (Å²) < 4.78 is 5.17. The summed E-state index contributed by atoms with van der Waals surface area (Å²) in [5.41, 5.74) is 2.90. The molecule has 1 saturated heterocycles. The van der Waals surface area contributed by atoms with Crippen molar-refractivity contribution < 1.29 is 4.74 Å². The van der Waals surface area contributed by atoms with Gasteiger partial charge in [0.15, 0.2) is 5.11 Å². The van der Waals surface area contributed by atoms with E-state index in [1.54, 1.807) is 7.11 Å². The number of hydrogen-bond acceptors (Lipinski definition) is 4. The zero-order chi connectivity index (χ0) is 18.4. The molecule has 0 aliphatic carbocycles. The van der Waals surface area contributed by atoms with Gasteiger partial charge in [-0.05, 0) is 54.2 Å². The van der Waals surface area contributed by atoms with E-state index >= 15 is 0 Å². The Bertz CT molecular complexity index is 775. The lowest BCUT2D eigenvalue weighted by Gasteiger charge is -2.36. The van der Waals surface area contributed by atoms with E-state index in [0.29, 0.717) is 5.56 Å². The van der Waals surface area contributed by atoms with Gasteiger partial charge in [-0.2, -0.15) is 5.26 Å². The summed E-state index contributed by atoms with van der Waals surface area (Å²) in [5.74, 6) is 0.831. The Balaban J connectivity index is 1.47. The van der Waals surface area contributed by atoms with Crippen molar-refractivity contribution in [3.05, 3.63) is 59.7 Å². The van der Waals surface area contributed by atoms with Gasteiger partial charge < -0.3 is 15.0 Å². The molecule has 1 N–H and O–H groups in total. The zero-order valence-corrected chi connectivity index (χ0v) is 15.6. The van der Waals surface area contributed by atoms with Crippen LogP contribution in [-0.4, -0.2) is 48.2 Å². The molecule has 5 nitrogen and oxygen atoms in total. The highest BCUT2D eigenvalue weighted by molar-refractivity contribution is 7.80. The van der Waals surface area contributed by atoms with E-state index in [1.165, 1.54) is 5.56 Å². The molecule has 0 radical (unpaired) electrons. The third kappa shape index (κ3) is 4.72. The van der Waals surface area contributed by atoms with Gasteiger partial charge in [0.1, 0.15) is 5.75 Å². The van der Waals surface area contributed by atoms with Gasteiger partial charge in [0.25, 0.3) is 0 Å². The maximum atomic E-state index is 8.87. The maximum absolute atomic E-state index is 8.87. The highest BCUT2D eigenvalue weighted by Gasteiger charge is 2.19. The fourth-order valence-electron chi connectivity index (χ4n) is 2.93. The van der Waals surface area contributed by atoms with Crippen LogP contribution in [-0.2, 0) is 6.54 Å². The molecular formula is C20H22N4OS. The molecule has 1 aliphatic heterocycles. The highest BCUT2D eigenvalue weighted by atomic mass is 32.1. The van der Waals surface area contributed by atoms with Crippen LogP contribution in [0.3, 0.4) is 0 Å². The standard InChI is InChI=1S/C20H22N4OS/c1-25-19-8-6-18(7-9-19)22-20(26)24-12-10-23(11-13-24)15-17-4-2-16(14-21)3-5-17/h2-9H,10-13,15H2,1H3,(H,22,26). The zero-order valence-electron chi connectivity index (χ0n) is 14.8. The molecule has 1 fully saturated rings. The second kappa shape index (κ2) is 8.65. The van der Waals surface area contributed by atoms with E-state index in [2.05, 4.69) is 21.2 Å². The van der Waals surface area contributed by atoms with E-state index in [4.69, 9.17) is 22.2 Å². The van der Waals surface area contributed by atoms with E-state index in [9.17, 15) is 0 Å². The monoisotopic (exact) mass is 366 g/mol. The summed E-state index contributed by atoms with van der Waals surface area (Å²) in [6.07, 6.45) is 0. The van der Waals surface area contributed by atoms with Crippen LogP contribution in [0.1, 0.15) is 11.1 Å². The molecule has 6 heteroatoms. The number of piperazine rings is 1. The van der Waals surface area contributed by atoms with Crippen molar-refractivity contribution in [3.8, 4) is 11.8 Å². The molecule has 0 unspecified atom stereocenters. The lowest BCUT2D eigenvalue weighted by molar-refractivity contribution is 0.177. The molecule has 0 saturated carbocycles. The van der Waals surface area contributed by atoms with Crippen LogP contribution >= 0.6 is 12.2 Å². The molecular weight excluding hydrogens is 344 g/mol. The van der Waals surface area contributed by atoms with Crippen LogP contribution in [0.4, 0.5) is 5.69 Å². The molecule has 1 aliphatic rings. The molecule has 1 heterocycles. The van der Waals surface area contributed by atoms with E-state index in [1.807, 2.05) is 48.5 Å². The number of nitrogens with one attached hydrogen (secondary N) is 1. The second-order valence-electron chi connectivity index (χ2n) is 6.23. The molecule has 0 spiro atoms. The predicted octanol–water partition coefficient (Wildman–Crippen LogP) is 3.08. The van der Waals surface area contributed by atoms with E-state index in [0.717, 1.165) is 49.3 Å². The quantitative estimate of drug-likeness (QED) is 0.840. The Hall–Kier alpha value is -2.62. The Morgan fingerprint density at radius 1 is 1.08 bits per heavy atom. The van der Waals surface area contributed by atoms with Crippen LogP contribution in [0.5, 0.6) is 5.75 Å². The van der Waals surface area contributed by atoms with Crippen LogP contribution in [0.25, 0.3) is 0 Å². The molecule has 26 heavy (non-hydrogen) atoms. The van der Waals surface area contributed by atoms with Gasteiger partial charge in [0.2, 0.25) is 0 Å². The van der Waals surface area contributed by atoms with Crippen LogP contribution in [0.15, 0.2) is 48.5 Å². The van der Waals surface area contributed by atoms with Gasteiger partial charge in [0, 0.05) is 38.4 Å². The molecule has 2 aromatic rings. The van der Waals surface area contributed by atoms with Crippen molar-refractivity contribution in [2.45, 2.75) is 6.54 Å². The van der Waals surface area contributed by atoms with Crippen molar-refractivity contribution in [2.24, 2.45) is 0 Å². The number of methoxy groups -OCH3 is 1. The van der Waals surface area contributed by atoms with Gasteiger partial charge in [-0.3, -0.25) is 4.90 Å². The van der Waals surface area contributed by atoms with Crippen molar-refractivity contribution in [2.75, 3.05) is 38.6 Å². The minimum atomic E-state index is 0.702. The Morgan fingerprint density at radius 3 is 2.31 bits per heavy atom. The molecule has 0 atom stereocenters. The van der Waals surface area contributed by atoms with Crippen molar-refractivity contribution in [3.63, 3.8) is 0 Å². The van der Waals surface area contributed by atoms with Crippen molar-refractivity contribution in [1.29, 1.82) is 5.26 Å². The van der Waals surface area contributed by atoms with Crippen molar-refractivity contribution in [1.82, 2.24) is 9.80 Å². The minimum Gasteiger partial charge on any atom is -0.497 e. The number of rotatable bonds is 4. The summed E-state index contributed by atoms with van der Waals surface area (Å²) in [5, 5.41) is 12.9. The van der Waals surface area contributed by atoms with Crippen LogP contribution < -0.4 is 10.1 Å². The van der Waals surface area contributed by atoms with Gasteiger partial charge in [-0.15, -0.1) is 0 Å². The van der Waals surface area contributed by atoms with Crippen molar-refractivity contribution >= 4 is 23.0 Å². The lowest BCUT2D eigenvalue weighted by atomic mass is 10.1. The second-order valence-corrected chi connectivity index (χ2v) is 6.62. The topological polar surface area (TPSA) is 51.5 Å².